The van der Waals surface area contributed by atoms with Gasteiger partial charge in [0.1, 0.15) is 6.07 Å². The first-order valence-electron chi connectivity index (χ1n) is 8.99. The molecule has 0 saturated carbocycles. The minimum atomic E-state index is -4.56. The zero-order valence-corrected chi connectivity index (χ0v) is 16.1. The maximum atomic E-state index is 12.6. The summed E-state index contributed by atoms with van der Waals surface area (Å²) >= 11 is 0. The standard InChI is InChI=1S/C20H21F2N3O2S/c21-20(22)28(26,27)18-8-6-16(7-9-18)15-24-10-3-11-25(13-12-24)19-5-2-1-4-17(19)14-23/h1-2,4-9,20H,3,10-13,15H2. The molecule has 1 saturated heterocycles. The molecule has 5 nitrogen and oxygen atoms in total. The summed E-state index contributed by atoms with van der Waals surface area (Å²) in [5.41, 5.74) is 2.47. The van der Waals surface area contributed by atoms with Gasteiger partial charge in [-0.2, -0.15) is 14.0 Å². The van der Waals surface area contributed by atoms with Crippen molar-refractivity contribution in [1.82, 2.24) is 4.90 Å². The summed E-state index contributed by atoms with van der Waals surface area (Å²) in [6.07, 6.45) is 0.928. The lowest BCUT2D eigenvalue weighted by Gasteiger charge is -2.24. The van der Waals surface area contributed by atoms with Crippen molar-refractivity contribution >= 4 is 15.5 Å². The van der Waals surface area contributed by atoms with E-state index in [0.717, 1.165) is 43.9 Å². The highest BCUT2D eigenvalue weighted by molar-refractivity contribution is 7.91. The van der Waals surface area contributed by atoms with Crippen LogP contribution in [-0.2, 0) is 16.4 Å². The van der Waals surface area contributed by atoms with E-state index in [0.29, 0.717) is 12.1 Å². The Labute approximate surface area is 163 Å². The Morgan fingerprint density at radius 2 is 1.71 bits per heavy atom. The van der Waals surface area contributed by atoms with Gasteiger partial charge in [0, 0.05) is 32.7 Å². The van der Waals surface area contributed by atoms with Crippen molar-refractivity contribution in [3.05, 3.63) is 59.7 Å². The molecule has 28 heavy (non-hydrogen) atoms. The molecule has 1 heterocycles. The van der Waals surface area contributed by atoms with Gasteiger partial charge in [0.05, 0.1) is 16.1 Å². The summed E-state index contributed by atoms with van der Waals surface area (Å²) in [4.78, 5) is 4.09. The zero-order chi connectivity index (χ0) is 20.1. The Morgan fingerprint density at radius 1 is 1.00 bits per heavy atom. The van der Waals surface area contributed by atoms with E-state index in [-0.39, 0.29) is 4.90 Å². The van der Waals surface area contributed by atoms with Crippen LogP contribution in [0.15, 0.2) is 53.4 Å². The number of sulfone groups is 1. The lowest BCUT2D eigenvalue weighted by atomic mass is 10.1. The normalized spacial score (nSPS) is 16.0. The number of nitrogens with zero attached hydrogens (tertiary/aromatic N) is 3. The molecule has 0 spiro atoms. The first kappa shape index (κ1) is 20.2. The number of hydrogen-bond donors (Lipinski definition) is 0. The van der Waals surface area contributed by atoms with Crippen molar-refractivity contribution in [2.24, 2.45) is 0 Å². The van der Waals surface area contributed by atoms with Gasteiger partial charge in [0.15, 0.2) is 0 Å². The second kappa shape index (κ2) is 8.67. The Bertz CT molecular complexity index is 956. The highest BCUT2D eigenvalue weighted by atomic mass is 32.2. The second-order valence-electron chi connectivity index (χ2n) is 6.70. The van der Waals surface area contributed by atoms with Gasteiger partial charge < -0.3 is 4.90 Å². The number of rotatable bonds is 5. The molecule has 0 N–H and O–H groups in total. The summed E-state index contributed by atoms with van der Waals surface area (Å²) < 4.78 is 48.3. The molecular weight excluding hydrogens is 384 g/mol. The van der Waals surface area contributed by atoms with Crippen LogP contribution in [0.4, 0.5) is 14.5 Å². The molecule has 148 valence electrons. The maximum absolute atomic E-state index is 12.6. The number of halogens is 2. The van der Waals surface area contributed by atoms with Crippen LogP contribution in [0.5, 0.6) is 0 Å². The summed E-state index contributed by atoms with van der Waals surface area (Å²) in [6.45, 7) is 3.89. The third kappa shape index (κ3) is 4.49. The van der Waals surface area contributed by atoms with Gasteiger partial charge in [-0.15, -0.1) is 0 Å². The van der Waals surface area contributed by atoms with Crippen molar-refractivity contribution in [1.29, 1.82) is 5.26 Å². The topological polar surface area (TPSA) is 64.4 Å². The van der Waals surface area contributed by atoms with Crippen molar-refractivity contribution in [3.8, 4) is 6.07 Å². The predicted octanol–water partition coefficient (Wildman–Crippen LogP) is 3.27. The smallest absolute Gasteiger partial charge is 0.341 e. The van der Waals surface area contributed by atoms with Crippen LogP contribution in [0.1, 0.15) is 17.5 Å². The number of nitriles is 1. The van der Waals surface area contributed by atoms with Crippen LogP contribution in [0.25, 0.3) is 0 Å². The fourth-order valence-corrected chi connectivity index (χ4v) is 4.08. The van der Waals surface area contributed by atoms with Gasteiger partial charge in [-0.05, 0) is 36.2 Å². The van der Waals surface area contributed by atoms with Crippen molar-refractivity contribution in [2.45, 2.75) is 23.6 Å². The van der Waals surface area contributed by atoms with E-state index in [1.807, 2.05) is 24.3 Å². The Kier molecular flexibility index (Phi) is 6.27. The largest absolute Gasteiger partial charge is 0.369 e. The number of para-hydroxylation sites is 1. The van der Waals surface area contributed by atoms with Gasteiger partial charge in [0.25, 0.3) is 0 Å². The number of anilines is 1. The fourth-order valence-electron chi connectivity index (χ4n) is 3.36. The maximum Gasteiger partial charge on any atom is 0.341 e. The van der Waals surface area contributed by atoms with E-state index in [9.17, 15) is 22.5 Å². The van der Waals surface area contributed by atoms with Crippen LogP contribution >= 0.6 is 0 Å². The lowest BCUT2D eigenvalue weighted by Crippen LogP contribution is -2.30. The average Bonchev–Trinajstić information content (AvgIpc) is 2.93. The van der Waals surface area contributed by atoms with Crippen molar-refractivity contribution in [3.63, 3.8) is 0 Å². The summed E-state index contributed by atoms with van der Waals surface area (Å²) in [5.74, 6) is -3.41. The Balaban J connectivity index is 1.65. The monoisotopic (exact) mass is 405 g/mol. The molecule has 2 aromatic carbocycles. The minimum Gasteiger partial charge on any atom is -0.369 e. The molecule has 0 atom stereocenters. The van der Waals surface area contributed by atoms with E-state index in [2.05, 4.69) is 15.9 Å². The number of benzene rings is 2. The number of hydrogen-bond acceptors (Lipinski definition) is 5. The van der Waals surface area contributed by atoms with Crippen LogP contribution in [0.2, 0.25) is 0 Å². The molecule has 0 aliphatic carbocycles. The van der Waals surface area contributed by atoms with Crippen molar-refractivity contribution in [2.75, 3.05) is 31.1 Å². The van der Waals surface area contributed by atoms with E-state index in [1.54, 1.807) is 12.1 Å². The van der Waals surface area contributed by atoms with Gasteiger partial charge in [-0.1, -0.05) is 24.3 Å². The molecule has 1 aliphatic rings. The molecule has 0 amide bonds. The average molecular weight is 405 g/mol. The molecule has 1 aliphatic heterocycles. The van der Waals surface area contributed by atoms with E-state index < -0.39 is 15.6 Å². The molecule has 1 fully saturated rings. The van der Waals surface area contributed by atoms with Crippen LogP contribution in [-0.4, -0.2) is 45.3 Å². The van der Waals surface area contributed by atoms with Crippen LogP contribution < -0.4 is 4.90 Å². The van der Waals surface area contributed by atoms with E-state index in [4.69, 9.17) is 0 Å². The first-order chi connectivity index (χ1) is 13.4. The molecule has 2 aromatic rings. The van der Waals surface area contributed by atoms with Gasteiger partial charge in [-0.25, -0.2) is 8.42 Å². The molecular formula is C20H21F2N3O2S. The zero-order valence-electron chi connectivity index (χ0n) is 15.3. The molecule has 0 radical (unpaired) electrons. The highest BCUT2D eigenvalue weighted by Gasteiger charge is 2.26. The summed E-state index contributed by atoms with van der Waals surface area (Å²) in [7, 11) is -4.56. The molecule has 3 rings (SSSR count). The Morgan fingerprint density at radius 3 is 2.39 bits per heavy atom. The molecule has 0 unspecified atom stereocenters. The summed E-state index contributed by atoms with van der Waals surface area (Å²) in [6, 6.07) is 15.4. The number of alkyl halides is 2. The molecule has 8 heteroatoms. The quantitative estimate of drug-likeness (QED) is 0.764. The lowest BCUT2D eigenvalue weighted by molar-refractivity contribution is 0.234. The van der Waals surface area contributed by atoms with Gasteiger partial charge >= 0.3 is 5.76 Å². The Hall–Kier alpha value is -2.50. The van der Waals surface area contributed by atoms with Crippen LogP contribution in [0, 0.1) is 11.3 Å². The summed E-state index contributed by atoms with van der Waals surface area (Å²) in [5, 5.41) is 9.30. The van der Waals surface area contributed by atoms with Crippen LogP contribution in [0.3, 0.4) is 0 Å². The molecule has 0 bridgehead atoms. The highest BCUT2D eigenvalue weighted by Crippen LogP contribution is 2.22. The second-order valence-corrected chi connectivity index (χ2v) is 8.61. The minimum absolute atomic E-state index is 0.360. The predicted molar refractivity (Wildman–Crippen MR) is 103 cm³/mol. The fraction of sp³-hybridized carbons (Fsp3) is 0.350. The first-order valence-corrected chi connectivity index (χ1v) is 10.5. The van der Waals surface area contributed by atoms with Gasteiger partial charge in [-0.3, -0.25) is 4.90 Å². The van der Waals surface area contributed by atoms with E-state index in [1.165, 1.54) is 12.1 Å². The third-order valence-corrected chi connectivity index (χ3v) is 6.24. The van der Waals surface area contributed by atoms with Gasteiger partial charge in [0.2, 0.25) is 9.84 Å². The molecule has 0 aromatic heterocycles. The van der Waals surface area contributed by atoms with Crippen molar-refractivity contribution < 1.29 is 17.2 Å². The third-order valence-electron chi connectivity index (χ3n) is 4.85. The SMILES string of the molecule is N#Cc1ccccc1N1CCCN(Cc2ccc(S(=O)(=O)C(F)F)cc2)CC1. The van der Waals surface area contributed by atoms with E-state index >= 15 is 0 Å².